The normalized spacial score (nSPS) is 14.6. The lowest BCUT2D eigenvalue weighted by Gasteiger charge is -2.18. The first kappa shape index (κ1) is 9.05. The third-order valence-electron chi connectivity index (χ3n) is 2.22. The molecule has 2 heterocycles. The summed E-state index contributed by atoms with van der Waals surface area (Å²) in [5, 5.41) is 9.66. The Balaban J connectivity index is 1.98. The van der Waals surface area contributed by atoms with E-state index in [1.807, 2.05) is 13.8 Å². The van der Waals surface area contributed by atoms with Crippen LogP contribution in [0.15, 0.2) is 6.20 Å². The van der Waals surface area contributed by atoms with Crippen LogP contribution in [0.25, 0.3) is 0 Å². The minimum absolute atomic E-state index is 0.00963. The molecule has 0 saturated heterocycles. The van der Waals surface area contributed by atoms with E-state index in [0.717, 1.165) is 11.3 Å². The first-order chi connectivity index (χ1) is 6.66. The zero-order valence-electron chi connectivity index (χ0n) is 8.37. The molecule has 0 atom stereocenters. The van der Waals surface area contributed by atoms with E-state index in [4.69, 9.17) is 0 Å². The van der Waals surface area contributed by atoms with Crippen LogP contribution in [-0.4, -0.2) is 27.2 Å². The molecule has 1 aromatic rings. The maximum atomic E-state index is 11.6. The predicted molar refractivity (Wildman–Crippen MR) is 51.5 cm³/mol. The third-order valence-corrected chi connectivity index (χ3v) is 2.22. The number of hydrogen-bond donors (Lipinski definition) is 2. The Hall–Kier alpha value is -1.52. The number of fused-ring (bicyclic) bond motifs is 1. The molecule has 0 unspecified atom stereocenters. The Morgan fingerprint density at radius 1 is 1.64 bits per heavy atom. The molecule has 0 aliphatic carbocycles. The Morgan fingerprint density at radius 2 is 2.43 bits per heavy atom. The van der Waals surface area contributed by atoms with E-state index in [1.54, 1.807) is 11.1 Å². The number of aromatic amines is 1. The van der Waals surface area contributed by atoms with Crippen molar-refractivity contribution in [2.45, 2.75) is 33.0 Å². The zero-order valence-corrected chi connectivity index (χ0v) is 8.37. The van der Waals surface area contributed by atoms with Gasteiger partial charge in [0, 0.05) is 11.6 Å². The zero-order chi connectivity index (χ0) is 10.1. The summed E-state index contributed by atoms with van der Waals surface area (Å²) in [6, 6.07) is 0.171. The van der Waals surface area contributed by atoms with Gasteiger partial charge >= 0.3 is 6.03 Å². The number of carbonyl (C=O) groups excluding carboxylic acids is 1. The second-order valence-electron chi connectivity index (χ2n) is 3.83. The monoisotopic (exact) mass is 194 g/mol. The van der Waals surface area contributed by atoms with Crippen LogP contribution in [0.5, 0.6) is 0 Å². The van der Waals surface area contributed by atoms with Crippen LogP contribution in [-0.2, 0) is 13.1 Å². The summed E-state index contributed by atoms with van der Waals surface area (Å²) < 4.78 is 0. The van der Waals surface area contributed by atoms with Crippen molar-refractivity contribution < 1.29 is 4.79 Å². The number of urea groups is 1. The van der Waals surface area contributed by atoms with Crippen LogP contribution < -0.4 is 5.32 Å². The summed E-state index contributed by atoms with van der Waals surface area (Å²) in [6.07, 6.45) is 1.78. The van der Waals surface area contributed by atoms with E-state index in [0.29, 0.717) is 13.1 Å². The molecule has 0 fully saturated rings. The molecule has 0 spiro atoms. The van der Waals surface area contributed by atoms with E-state index in [-0.39, 0.29) is 12.1 Å². The number of hydrogen-bond acceptors (Lipinski definition) is 2. The van der Waals surface area contributed by atoms with Crippen LogP contribution in [0.2, 0.25) is 0 Å². The van der Waals surface area contributed by atoms with Crippen LogP contribution in [0.1, 0.15) is 25.1 Å². The maximum Gasteiger partial charge on any atom is 0.318 e. The summed E-state index contributed by atoms with van der Waals surface area (Å²) in [7, 11) is 0. The molecule has 2 rings (SSSR count). The summed E-state index contributed by atoms with van der Waals surface area (Å²) in [5.74, 6) is 0. The quantitative estimate of drug-likeness (QED) is 0.696. The van der Waals surface area contributed by atoms with Gasteiger partial charge in [-0.05, 0) is 13.8 Å². The Labute approximate surface area is 82.5 Å². The highest BCUT2D eigenvalue weighted by Crippen LogP contribution is 2.19. The number of rotatable bonds is 1. The highest BCUT2D eigenvalue weighted by atomic mass is 16.2. The molecule has 1 aliphatic rings. The molecule has 1 aromatic heterocycles. The molecule has 0 saturated carbocycles. The van der Waals surface area contributed by atoms with Gasteiger partial charge in [-0.25, -0.2) is 4.79 Å². The van der Waals surface area contributed by atoms with Gasteiger partial charge in [0.2, 0.25) is 0 Å². The number of amides is 2. The molecule has 0 bridgehead atoms. The predicted octanol–water partition coefficient (Wildman–Crippen LogP) is 0.843. The van der Waals surface area contributed by atoms with E-state index < -0.39 is 0 Å². The van der Waals surface area contributed by atoms with Crippen LogP contribution in [0, 0.1) is 0 Å². The molecule has 0 aromatic carbocycles. The lowest BCUT2D eigenvalue weighted by molar-refractivity contribution is 0.195. The van der Waals surface area contributed by atoms with Gasteiger partial charge < -0.3 is 10.2 Å². The first-order valence-corrected chi connectivity index (χ1v) is 4.73. The highest BCUT2D eigenvalue weighted by molar-refractivity contribution is 5.75. The lowest BCUT2D eigenvalue weighted by Crippen LogP contribution is -2.40. The fraction of sp³-hybridized carbons (Fsp3) is 0.556. The molecular formula is C9H14N4O. The number of nitrogens with one attached hydrogen (secondary N) is 2. The van der Waals surface area contributed by atoms with Crippen molar-refractivity contribution in [3.8, 4) is 0 Å². The van der Waals surface area contributed by atoms with Crippen LogP contribution in [0.3, 0.4) is 0 Å². The van der Waals surface area contributed by atoms with Gasteiger partial charge in [-0.1, -0.05) is 0 Å². The topological polar surface area (TPSA) is 61.0 Å². The van der Waals surface area contributed by atoms with Crippen molar-refractivity contribution in [2.24, 2.45) is 0 Å². The van der Waals surface area contributed by atoms with Gasteiger partial charge in [0.15, 0.2) is 0 Å². The molecule has 0 radical (unpaired) electrons. The fourth-order valence-electron chi connectivity index (χ4n) is 1.55. The van der Waals surface area contributed by atoms with Crippen LogP contribution >= 0.6 is 0 Å². The summed E-state index contributed by atoms with van der Waals surface area (Å²) in [4.78, 5) is 13.4. The van der Waals surface area contributed by atoms with Gasteiger partial charge in [-0.2, -0.15) is 5.10 Å². The third kappa shape index (κ3) is 1.57. The molecule has 14 heavy (non-hydrogen) atoms. The molecule has 76 valence electrons. The average molecular weight is 194 g/mol. The largest absolute Gasteiger partial charge is 0.336 e. The fourth-order valence-corrected chi connectivity index (χ4v) is 1.55. The molecule has 1 aliphatic heterocycles. The van der Waals surface area contributed by atoms with E-state index in [1.165, 1.54) is 0 Å². The highest BCUT2D eigenvalue weighted by Gasteiger charge is 2.24. The van der Waals surface area contributed by atoms with Crippen molar-refractivity contribution in [3.63, 3.8) is 0 Å². The van der Waals surface area contributed by atoms with Crippen molar-refractivity contribution >= 4 is 6.03 Å². The molecule has 2 N–H and O–H groups in total. The van der Waals surface area contributed by atoms with Crippen molar-refractivity contribution in [3.05, 3.63) is 17.5 Å². The molecule has 2 amide bonds. The van der Waals surface area contributed by atoms with Gasteiger partial charge in [-0.15, -0.1) is 0 Å². The Kier molecular flexibility index (Phi) is 2.15. The van der Waals surface area contributed by atoms with Gasteiger partial charge in [0.05, 0.1) is 25.0 Å². The van der Waals surface area contributed by atoms with Gasteiger partial charge in [0.25, 0.3) is 0 Å². The Bertz CT molecular complexity index is 324. The smallest absolute Gasteiger partial charge is 0.318 e. The molecule has 5 nitrogen and oxygen atoms in total. The first-order valence-electron chi connectivity index (χ1n) is 4.73. The number of H-pyrrole nitrogens is 1. The van der Waals surface area contributed by atoms with Gasteiger partial charge in [0.1, 0.15) is 0 Å². The van der Waals surface area contributed by atoms with Crippen molar-refractivity contribution in [1.29, 1.82) is 0 Å². The second kappa shape index (κ2) is 3.32. The minimum Gasteiger partial charge on any atom is -0.336 e. The SMILES string of the molecule is CC(C)NC(=O)N1Cc2cn[nH]c2C1. The van der Waals surface area contributed by atoms with E-state index in [9.17, 15) is 4.79 Å². The molecule has 5 heteroatoms. The Morgan fingerprint density at radius 3 is 3.07 bits per heavy atom. The van der Waals surface area contributed by atoms with E-state index in [2.05, 4.69) is 15.5 Å². The lowest BCUT2D eigenvalue weighted by atomic mass is 10.3. The summed E-state index contributed by atoms with van der Waals surface area (Å²) in [5.41, 5.74) is 2.16. The number of carbonyl (C=O) groups is 1. The summed E-state index contributed by atoms with van der Waals surface area (Å²) >= 11 is 0. The number of aromatic nitrogens is 2. The van der Waals surface area contributed by atoms with Crippen molar-refractivity contribution in [2.75, 3.05) is 0 Å². The van der Waals surface area contributed by atoms with E-state index >= 15 is 0 Å². The summed E-state index contributed by atoms with van der Waals surface area (Å²) in [6.45, 7) is 5.20. The standard InChI is InChI=1S/C9H14N4O/c1-6(2)11-9(14)13-4-7-3-10-12-8(7)5-13/h3,6H,4-5H2,1-2H3,(H,10,12)(H,11,14). The van der Waals surface area contributed by atoms with Crippen LogP contribution in [0.4, 0.5) is 4.79 Å². The maximum absolute atomic E-state index is 11.6. The average Bonchev–Trinajstić information content (AvgIpc) is 2.58. The minimum atomic E-state index is -0.00963. The molecular weight excluding hydrogens is 180 g/mol. The number of nitrogens with zero attached hydrogens (tertiary/aromatic N) is 2. The second-order valence-corrected chi connectivity index (χ2v) is 3.83. The van der Waals surface area contributed by atoms with Gasteiger partial charge in [-0.3, -0.25) is 5.10 Å². The van der Waals surface area contributed by atoms with Crippen molar-refractivity contribution in [1.82, 2.24) is 20.4 Å².